The van der Waals surface area contributed by atoms with Crippen molar-refractivity contribution < 1.29 is 14.3 Å². The summed E-state index contributed by atoms with van der Waals surface area (Å²) in [7, 11) is 3.08. The zero-order chi connectivity index (χ0) is 19.9. The van der Waals surface area contributed by atoms with Crippen LogP contribution < -0.4 is 20.1 Å². The number of benzene rings is 3. The van der Waals surface area contributed by atoms with Crippen molar-refractivity contribution in [3.05, 3.63) is 77.9 Å². The van der Waals surface area contributed by atoms with Crippen LogP contribution in [0.1, 0.15) is 15.9 Å². The summed E-state index contributed by atoms with van der Waals surface area (Å²) in [6.45, 7) is 0. The SMILES string of the molecule is COc1cc(OC)cc(C(=O)Nc2ccc(Nc3ccc(C#N)cc3)cc2)c1. The van der Waals surface area contributed by atoms with E-state index in [0.29, 0.717) is 28.3 Å². The normalized spacial score (nSPS) is 9.89. The first-order valence-corrected chi connectivity index (χ1v) is 8.53. The van der Waals surface area contributed by atoms with Crippen LogP contribution in [0.15, 0.2) is 66.7 Å². The second kappa shape index (κ2) is 8.60. The summed E-state index contributed by atoms with van der Waals surface area (Å²) in [4.78, 5) is 12.5. The van der Waals surface area contributed by atoms with Crippen LogP contribution in [0.25, 0.3) is 0 Å². The fraction of sp³-hybridized carbons (Fsp3) is 0.0909. The Balaban J connectivity index is 1.68. The Morgan fingerprint density at radius 3 is 1.82 bits per heavy atom. The summed E-state index contributed by atoms with van der Waals surface area (Å²) in [5, 5.41) is 14.9. The van der Waals surface area contributed by atoms with Gasteiger partial charge in [0, 0.05) is 28.7 Å². The highest BCUT2D eigenvalue weighted by atomic mass is 16.5. The average molecular weight is 373 g/mol. The lowest BCUT2D eigenvalue weighted by molar-refractivity contribution is 0.102. The number of amides is 1. The van der Waals surface area contributed by atoms with E-state index in [2.05, 4.69) is 16.7 Å². The van der Waals surface area contributed by atoms with Crippen LogP contribution >= 0.6 is 0 Å². The molecule has 0 aliphatic carbocycles. The number of carbonyl (C=O) groups excluding carboxylic acids is 1. The molecule has 0 saturated heterocycles. The second-order valence-electron chi connectivity index (χ2n) is 5.95. The van der Waals surface area contributed by atoms with Gasteiger partial charge in [-0.1, -0.05) is 0 Å². The number of nitriles is 1. The van der Waals surface area contributed by atoms with Crippen LogP contribution in [-0.2, 0) is 0 Å². The van der Waals surface area contributed by atoms with Gasteiger partial charge in [-0.25, -0.2) is 0 Å². The van der Waals surface area contributed by atoms with Gasteiger partial charge < -0.3 is 20.1 Å². The first-order valence-electron chi connectivity index (χ1n) is 8.53. The fourth-order valence-electron chi connectivity index (χ4n) is 2.57. The number of hydrogen-bond acceptors (Lipinski definition) is 5. The molecule has 0 saturated carbocycles. The van der Waals surface area contributed by atoms with Gasteiger partial charge in [0.1, 0.15) is 11.5 Å². The summed E-state index contributed by atoms with van der Waals surface area (Å²) >= 11 is 0. The van der Waals surface area contributed by atoms with E-state index in [4.69, 9.17) is 14.7 Å². The van der Waals surface area contributed by atoms with Gasteiger partial charge >= 0.3 is 0 Å². The predicted octanol–water partition coefficient (Wildman–Crippen LogP) is 4.57. The fourth-order valence-corrected chi connectivity index (χ4v) is 2.57. The molecule has 0 spiro atoms. The minimum absolute atomic E-state index is 0.259. The lowest BCUT2D eigenvalue weighted by Gasteiger charge is -2.10. The van der Waals surface area contributed by atoms with E-state index in [-0.39, 0.29) is 5.91 Å². The van der Waals surface area contributed by atoms with Crippen molar-refractivity contribution in [1.29, 1.82) is 5.26 Å². The van der Waals surface area contributed by atoms with Crippen LogP contribution in [0.2, 0.25) is 0 Å². The van der Waals surface area contributed by atoms with E-state index in [1.54, 1.807) is 42.5 Å². The highest BCUT2D eigenvalue weighted by molar-refractivity contribution is 6.04. The van der Waals surface area contributed by atoms with Gasteiger partial charge in [0.15, 0.2) is 0 Å². The maximum atomic E-state index is 12.5. The van der Waals surface area contributed by atoms with Gasteiger partial charge in [-0.2, -0.15) is 5.26 Å². The Bertz CT molecular complexity index is 984. The smallest absolute Gasteiger partial charge is 0.255 e. The second-order valence-corrected chi connectivity index (χ2v) is 5.95. The van der Waals surface area contributed by atoms with Gasteiger partial charge in [-0.3, -0.25) is 4.79 Å². The van der Waals surface area contributed by atoms with E-state index in [9.17, 15) is 4.79 Å². The molecule has 140 valence electrons. The topological polar surface area (TPSA) is 83.4 Å². The molecule has 28 heavy (non-hydrogen) atoms. The molecule has 0 bridgehead atoms. The maximum Gasteiger partial charge on any atom is 0.255 e. The summed E-state index contributed by atoms with van der Waals surface area (Å²) in [5.41, 5.74) is 3.45. The summed E-state index contributed by atoms with van der Waals surface area (Å²) in [5.74, 6) is 0.836. The van der Waals surface area contributed by atoms with Crippen molar-refractivity contribution in [1.82, 2.24) is 0 Å². The molecule has 0 atom stereocenters. The molecule has 0 heterocycles. The monoisotopic (exact) mass is 373 g/mol. The largest absolute Gasteiger partial charge is 0.497 e. The van der Waals surface area contributed by atoms with Gasteiger partial charge in [-0.05, 0) is 60.7 Å². The zero-order valence-electron chi connectivity index (χ0n) is 15.5. The Labute approximate surface area is 163 Å². The summed E-state index contributed by atoms with van der Waals surface area (Å²) in [6, 6.07) is 21.6. The highest BCUT2D eigenvalue weighted by Gasteiger charge is 2.10. The predicted molar refractivity (Wildman–Crippen MR) is 108 cm³/mol. The molecule has 0 radical (unpaired) electrons. The Hall–Kier alpha value is -3.98. The summed E-state index contributed by atoms with van der Waals surface area (Å²) in [6.07, 6.45) is 0. The van der Waals surface area contributed by atoms with Crippen LogP contribution in [0, 0.1) is 11.3 Å². The number of nitrogens with one attached hydrogen (secondary N) is 2. The highest BCUT2D eigenvalue weighted by Crippen LogP contribution is 2.24. The van der Waals surface area contributed by atoms with E-state index in [1.807, 2.05) is 24.3 Å². The van der Waals surface area contributed by atoms with E-state index in [0.717, 1.165) is 11.4 Å². The van der Waals surface area contributed by atoms with Crippen molar-refractivity contribution in [2.45, 2.75) is 0 Å². The molecule has 0 fully saturated rings. The van der Waals surface area contributed by atoms with Crippen LogP contribution in [-0.4, -0.2) is 20.1 Å². The summed E-state index contributed by atoms with van der Waals surface area (Å²) < 4.78 is 10.4. The molecule has 3 rings (SSSR count). The first-order chi connectivity index (χ1) is 13.6. The molecule has 3 aromatic rings. The van der Waals surface area contributed by atoms with Gasteiger partial charge in [0.25, 0.3) is 5.91 Å². The molecule has 3 aromatic carbocycles. The Morgan fingerprint density at radius 2 is 1.32 bits per heavy atom. The minimum atomic E-state index is -0.259. The van der Waals surface area contributed by atoms with Crippen LogP contribution in [0.4, 0.5) is 17.1 Å². The Morgan fingerprint density at radius 1 is 0.821 bits per heavy atom. The molecule has 0 aromatic heterocycles. The van der Waals surface area contributed by atoms with Gasteiger partial charge in [0.2, 0.25) is 0 Å². The molecule has 0 unspecified atom stereocenters. The maximum absolute atomic E-state index is 12.5. The minimum Gasteiger partial charge on any atom is -0.497 e. The molecule has 6 heteroatoms. The molecular formula is C22H19N3O3. The molecule has 2 N–H and O–H groups in total. The van der Waals surface area contributed by atoms with E-state index < -0.39 is 0 Å². The van der Waals surface area contributed by atoms with Gasteiger partial charge in [-0.15, -0.1) is 0 Å². The van der Waals surface area contributed by atoms with Crippen molar-refractivity contribution in [3.8, 4) is 17.6 Å². The molecule has 1 amide bonds. The number of hydrogen-bond donors (Lipinski definition) is 2. The van der Waals surface area contributed by atoms with Crippen molar-refractivity contribution >= 4 is 23.0 Å². The third-order valence-electron chi connectivity index (χ3n) is 4.06. The third kappa shape index (κ3) is 4.59. The van der Waals surface area contributed by atoms with E-state index in [1.165, 1.54) is 14.2 Å². The van der Waals surface area contributed by atoms with Crippen molar-refractivity contribution in [3.63, 3.8) is 0 Å². The number of methoxy groups -OCH3 is 2. The van der Waals surface area contributed by atoms with Gasteiger partial charge in [0.05, 0.1) is 25.9 Å². The molecule has 0 aliphatic heterocycles. The first kappa shape index (κ1) is 18.8. The number of carbonyl (C=O) groups is 1. The number of ether oxygens (including phenoxy) is 2. The quantitative estimate of drug-likeness (QED) is 0.661. The lowest BCUT2D eigenvalue weighted by Crippen LogP contribution is -2.12. The molecular weight excluding hydrogens is 354 g/mol. The van der Waals surface area contributed by atoms with Crippen molar-refractivity contribution in [2.75, 3.05) is 24.9 Å². The molecule has 0 aliphatic rings. The van der Waals surface area contributed by atoms with E-state index >= 15 is 0 Å². The standard InChI is InChI=1S/C22H19N3O3/c1-27-20-11-16(12-21(13-20)28-2)22(26)25-19-9-7-18(8-10-19)24-17-5-3-15(14-23)4-6-17/h3-13,24H,1-2H3,(H,25,26). The third-order valence-corrected chi connectivity index (χ3v) is 4.06. The molecule has 6 nitrogen and oxygen atoms in total. The number of rotatable bonds is 6. The average Bonchev–Trinajstić information content (AvgIpc) is 2.75. The lowest BCUT2D eigenvalue weighted by atomic mass is 10.1. The van der Waals surface area contributed by atoms with Crippen LogP contribution in [0.5, 0.6) is 11.5 Å². The number of nitrogens with zero attached hydrogens (tertiary/aromatic N) is 1. The zero-order valence-corrected chi connectivity index (χ0v) is 15.5. The van der Waals surface area contributed by atoms with Crippen LogP contribution in [0.3, 0.4) is 0 Å². The number of anilines is 3. The Kier molecular flexibility index (Phi) is 5.78. The van der Waals surface area contributed by atoms with Crippen molar-refractivity contribution in [2.24, 2.45) is 0 Å².